The third kappa shape index (κ3) is 1.34. The molecule has 0 unspecified atom stereocenters. The Kier molecular flexibility index (Phi) is 1.90. The second-order valence-corrected chi connectivity index (χ2v) is 3.60. The number of hydrogen-bond acceptors (Lipinski definition) is 2. The Labute approximate surface area is 91.3 Å². The molecule has 0 saturated heterocycles. The maximum Gasteiger partial charge on any atom is 0.190 e. The quantitative estimate of drug-likeness (QED) is 0.672. The Balaban J connectivity index is 2.34. The fraction of sp³-hybridized carbons (Fsp3) is 0. The molecule has 0 radical (unpaired) electrons. The van der Waals surface area contributed by atoms with E-state index in [0.717, 1.165) is 16.8 Å². The molecule has 3 nitrogen and oxygen atoms in total. The highest BCUT2D eigenvalue weighted by atomic mass is 16.3. The molecule has 0 bridgehead atoms. The molecule has 16 heavy (non-hydrogen) atoms. The Morgan fingerprint density at radius 1 is 1.12 bits per heavy atom. The first-order valence-electron chi connectivity index (χ1n) is 4.99. The van der Waals surface area contributed by atoms with Crippen molar-refractivity contribution >= 4 is 10.9 Å². The third-order valence-electron chi connectivity index (χ3n) is 2.57. The normalized spacial score (nSPS) is 10.8. The molecule has 0 aliphatic heterocycles. The Hall–Kier alpha value is -2.29. The van der Waals surface area contributed by atoms with Crippen molar-refractivity contribution in [1.82, 2.24) is 4.98 Å². The zero-order valence-electron chi connectivity index (χ0n) is 8.44. The zero-order chi connectivity index (χ0) is 11.0. The van der Waals surface area contributed by atoms with Gasteiger partial charge in [0, 0.05) is 22.5 Å². The van der Waals surface area contributed by atoms with Crippen LogP contribution < -0.4 is 5.43 Å². The predicted octanol–water partition coefficient (Wildman–Crippen LogP) is 2.79. The molecular formula is C13H9NO2. The summed E-state index contributed by atoms with van der Waals surface area (Å²) in [6, 6.07) is 10.9. The number of para-hydroxylation sites is 1. The summed E-state index contributed by atoms with van der Waals surface area (Å²) < 4.78 is 5.00. The summed E-state index contributed by atoms with van der Waals surface area (Å²) >= 11 is 0. The van der Waals surface area contributed by atoms with E-state index >= 15 is 0 Å². The average molecular weight is 211 g/mol. The zero-order valence-corrected chi connectivity index (χ0v) is 8.44. The molecule has 1 aromatic carbocycles. The topological polar surface area (TPSA) is 46.0 Å². The van der Waals surface area contributed by atoms with Gasteiger partial charge in [-0.25, -0.2) is 0 Å². The van der Waals surface area contributed by atoms with E-state index in [-0.39, 0.29) is 5.43 Å². The van der Waals surface area contributed by atoms with Gasteiger partial charge < -0.3 is 9.40 Å². The van der Waals surface area contributed by atoms with Crippen LogP contribution in [0.25, 0.3) is 22.2 Å². The number of pyridine rings is 1. The number of rotatable bonds is 1. The van der Waals surface area contributed by atoms with Gasteiger partial charge in [0.25, 0.3) is 0 Å². The maximum atomic E-state index is 11.8. The largest absolute Gasteiger partial charge is 0.472 e. The van der Waals surface area contributed by atoms with Crippen molar-refractivity contribution in [2.24, 2.45) is 0 Å². The smallest absolute Gasteiger partial charge is 0.190 e. The van der Waals surface area contributed by atoms with Crippen LogP contribution >= 0.6 is 0 Å². The van der Waals surface area contributed by atoms with Crippen molar-refractivity contribution in [3.05, 3.63) is 59.1 Å². The van der Waals surface area contributed by atoms with Gasteiger partial charge in [-0.3, -0.25) is 4.79 Å². The lowest BCUT2D eigenvalue weighted by atomic mass is 10.1. The number of benzene rings is 1. The maximum absolute atomic E-state index is 11.8. The molecule has 3 rings (SSSR count). The number of furan rings is 1. The Morgan fingerprint density at radius 3 is 2.81 bits per heavy atom. The molecule has 2 aromatic heterocycles. The van der Waals surface area contributed by atoms with E-state index in [4.69, 9.17) is 4.42 Å². The lowest BCUT2D eigenvalue weighted by molar-refractivity contribution is 0.568. The summed E-state index contributed by atoms with van der Waals surface area (Å²) in [4.78, 5) is 15.1. The number of nitrogens with one attached hydrogen (secondary N) is 1. The molecule has 0 amide bonds. The lowest BCUT2D eigenvalue weighted by Gasteiger charge is -2.01. The first kappa shape index (κ1) is 8.97. The van der Waals surface area contributed by atoms with Crippen molar-refractivity contribution < 1.29 is 4.42 Å². The minimum Gasteiger partial charge on any atom is -0.472 e. The number of hydrogen-bond donors (Lipinski definition) is 1. The predicted molar refractivity (Wildman–Crippen MR) is 62.3 cm³/mol. The Bertz CT molecular complexity index is 680. The van der Waals surface area contributed by atoms with E-state index in [1.807, 2.05) is 30.3 Å². The first-order chi connectivity index (χ1) is 7.84. The molecule has 0 spiro atoms. The summed E-state index contributed by atoms with van der Waals surface area (Å²) in [6.45, 7) is 0. The van der Waals surface area contributed by atoms with Crippen LogP contribution in [0.2, 0.25) is 0 Å². The molecule has 0 aliphatic rings. The van der Waals surface area contributed by atoms with Crippen molar-refractivity contribution in [3.63, 3.8) is 0 Å². The van der Waals surface area contributed by atoms with Crippen LogP contribution in [0.5, 0.6) is 0 Å². The number of aromatic nitrogens is 1. The van der Waals surface area contributed by atoms with E-state index in [0.29, 0.717) is 5.39 Å². The molecule has 0 saturated carbocycles. The average Bonchev–Trinajstić information content (AvgIpc) is 2.82. The van der Waals surface area contributed by atoms with Gasteiger partial charge in [-0.15, -0.1) is 0 Å². The lowest BCUT2D eigenvalue weighted by Crippen LogP contribution is -2.02. The molecule has 0 fully saturated rings. The summed E-state index contributed by atoms with van der Waals surface area (Å²) in [5, 5.41) is 0.703. The van der Waals surface area contributed by atoms with E-state index in [9.17, 15) is 4.79 Å². The standard InChI is InChI=1S/C13H9NO2/c15-13-7-12(9-5-6-16-8-9)14-11-4-2-1-3-10(11)13/h1-8H,(H,14,15). The van der Waals surface area contributed by atoms with Crippen LogP contribution in [-0.2, 0) is 0 Å². The SMILES string of the molecule is O=c1cc(-c2ccoc2)[nH]c2ccccc12. The van der Waals surface area contributed by atoms with Crippen molar-refractivity contribution in [2.75, 3.05) is 0 Å². The third-order valence-corrected chi connectivity index (χ3v) is 2.57. The van der Waals surface area contributed by atoms with Crippen molar-refractivity contribution in [1.29, 1.82) is 0 Å². The summed E-state index contributed by atoms with van der Waals surface area (Å²) in [7, 11) is 0. The molecule has 0 atom stereocenters. The van der Waals surface area contributed by atoms with Crippen LogP contribution in [0.1, 0.15) is 0 Å². The highest BCUT2D eigenvalue weighted by Gasteiger charge is 2.04. The fourth-order valence-electron chi connectivity index (χ4n) is 1.77. The van der Waals surface area contributed by atoms with Crippen molar-refractivity contribution in [2.45, 2.75) is 0 Å². The van der Waals surface area contributed by atoms with Crippen LogP contribution in [-0.4, -0.2) is 4.98 Å². The van der Waals surface area contributed by atoms with Gasteiger partial charge in [-0.05, 0) is 18.2 Å². The minimum absolute atomic E-state index is 0.0190. The second-order valence-electron chi connectivity index (χ2n) is 3.60. The number of aromatic amines is 1. The van der Waals surface area contributed by atoms with Gasteiger partial charge in [0.2, 0.25) is 0 Å². The molecule has 78 valence electrons. The van der Waals surface area contributed by atoms with Gasteiger partial charge in [0.1, 0.15) is 0 Å². The summed E-state index contributed by atoms with van der Waals surface area (Å²) in [5.74, 6) is 0. The van der Waals surface area contributed by atoms with E-state index < -0.39 is 0 Å². The first-order valence-corrected chi connectivity index (χ1v) is 4.99. The van der Waals surface area contributed by atoms with Crippen LogP contribution in [0, 0.1) is 0 Å². The molecular weight excluding hydrogens is 202 g/mol. The van der Waals surface area contributed by atoms with Gasteiger partial charge in [0.15, 0.2) is 5.43 Å². The summed E-state index contributed by atoms with van der Waals surface area (Å²) in [5.41, 5.74) is 2.51. The monoisotopic (exact) mass is 211 g/mol. The highest BCUT2D eigenvalue weighted by molar-refractivity contribution is 5.81. The Morgan fingerprint density at radius 2 is 2.00 bits per heavy atom. The number of fused-ring (bicyclic) bond motifs is 1. The van der Waals surface area contributed by atoms with Gasteiger partial charge in [-0.2, -0.15) is 0 Å². The van der Waals surface area contributed by atoms with Crippen LogP contribution in [0.4, 0.5) is 0 Å². The molecule has 3 aromatic rings. The second kappa shape index (κ2) is 3.38. The molecule has 3 heteroatoms. The number of H-pyrrole nitrogens is 1. The van der Waals surface area contributed by atoms with Crippen LogP contribution in [0.15, 0.2) is 58.1 Å². The van der Waals surface area contributed by atoms with Crippen LogP contribution in [0.3, 0.4) is 0 Å². The van der Waals surface area contributed by atoms with Gasteiger partial charge in [-0.1, -0.05) is 12.1 Å². The van der Waals surface area contributed by atoms with Crippen molar-refractivity contribution in [3.8, 4) is 11.3 Å². The minimum atomic E-state index is 0.0190. The van der Waals surface area contributed by atoms with E-state index in [1.54, 1.807) is 18.6 Å². The highest BCUT2D eigenvalue weighted by Crippen LogP contribution is 2.18. The summed E-state index contributed by atoms with van der Waals surface area (Å²) in [6.07, 6.45) is 3.20. The molecule has 0 aliphatic carbocycles. The fourth-order valence-corrected chi connectivity index (χ4v) is 1.77. The molecule has 2 heterocycles. The molecule has 1 N–H and O–H groups in total. The van der Waals surface area contributed by atoms with Gasteiger partial charge >= 0.3 is 0 Å². The van der Waals surface area contributed by atoms with Gasteiger partial charge in [0.05, 0.1) is 18.2 Å². The van der Waals surface area contributed by atoms with E-state index in [1.165, 1.54) is 0 Å². The van der Waals surface area contributed by atoms with E-state index in [2.05, 4.69) is 4.98 Å².